The van der Waals surface area contributed by atoms with Gasteiger partial charge in [-0.1, -0.05) is 39.8 Å². The van der Waals surface area contributed by atoms with E-state index in [9.17, 15) is 8.42 Å². The molecule has 0 aliphatic carbocycles. The third-order valence-electron chi connectivity index (χ3n) is 3.40. The van der Waals surface area contributed by atoms with Crippen molar-refractivity contribution in [1.29, 1.82) is 0 Å². The normalized spacial score (nSPS) is 14.4. The maximum absolute atomic E-state index is 12.6. The number of hydrogen-bond donors (Lipinski definition) is 0. The molecule has 0 N–H and O–H groups in total. The largest absolute Gasteiger partial charge is 0.338 e. The van der Waals surface area contributed by atoms with Gasteiger partial charge in [-0.15, -0.1) is 11.3 Å². The van der Waals surface area contributed by atoms with E-state index in [2.05, 4.69) is 35.9 Å². The summed E-state index contributed by atoms with van der Waals surface area (Å²) in [5.41, 5.74) is 0.479. The molecule has 0 saturated carbocycles. The smallest absolute Gasteiger partial charge is 0.244 e. The second-order valence-corrected chi connectivity index (χ2v) is 10.2. The summed E-state index contributed by atoms with van der Waals surface area (Å²) >= 11 is 1.49. The van der Waals surface area contributed by atoms with E-state index < -0.39 is 15.1 Å². The van der Waals surface area contributed by atoms with Gasteiger partial charge in [-0.25, -0.2) is 13.4 Å². The van der Waals surface area contributed by atoms with Crippen LogP contribution in [0.15, 0.2) is 9.90 Å². The van der Waals surface area contributed by atoms with E-state index in [-0.39, 0.29) is 23.0 Å². The summed E-state index contributed by atoms with van der Waals surface area (Å²) in [5.74, 6) is 0.626. The summed E-state index contributed by atoms with van der Waals surface area (Å²) in [6.07, 6.45) is 0. The molecule has 0 unspecified atom stereocenters. The topological polar surface area (TPSA) is 86.0 Å². The molecule has 1 atom stereocenters. The average Bonchev–Trinajstić information content (AvgIpc) is 3.04. The lowest BCUT2D eigenvalue weighted by atomic mass is 9.98. The zero-order valence-corrected chi connectivity index (χ0v) is 16.0. The van der Waals surface area contributed by atoms with E-state index in [1.54, 1.807) is 12.3 Å². The van der Waals surface area contributed by atoms with Crippen molar-refractivity contribution in [2.75, 3.05) is 0 Å². The third-order valence-corrected chi connectivity index (χ3v) is 6.70. The molecule has 6 nitrogen and oxygen atoms in total. The van der Waals surface area contributed by atoms with Crippen molar-refractivity contribution in [3.63, 3.8) is 0 Å². The lowest BCUT2D eigenvalue weighted by molar-refractivity contribution is 0.369. The average molecular weight is 358 g/mol. The quantitative estimate of drug-likeness (QED) is 0.812. The van der Waals surface area contributed by atoms with Gasteiger partial charge in [-0.05, 0) is 6.92 Å². The first-order chi connectivity index (χ1) is 10.5. The van der Waals surface area contributed by atoms with Gasteiger partial charge in [0.2, 0.25) is 5.89 Å². The Bertz CT molecular complexity index is 770. The summed E-state index contributed by atoms with van der Waals surface area (Å²) in [5, 5.41) is 5.71. The molecule has 0 amide bonds. The first-order valence-electron chi connectivity index (χ1n) is 7.50. The van der Waals surface area contributed by atoms with Crippen molar-refractivity contribution >= 4 is 21.2 Å². The first-order valence-corrected chi connectivity index (χ1v) is 10.1. The van der Waals surface area contributed by atoms with Gasteiger partial charge < -0.3 is 4.52 Å². The van der Waals surface area contributed by atoms with Gasteiger partial charge in [-0.3, -0.25) is 0 Å². The summed E-state index contributed by atoms with van der Waals surface area (Å²) in [4.78, 5) is 8.64. The number of hydrogen-bond acceptors (Lipinski definition) is 7. The van der Waals surface area contributed by atoms with E-state index in [4.69, 9.17) is 4.52 Å². The summed E-state index contributed by atoms with van der Waals surface area (Å²) in [7, 11) is -3.46. The van der Waals surface area contributed by atoms with Gasteiger partial charge in [0.1, 0.15) is 5.25 Å². The summed E-state index contributed by atoms with van der Waals surface area (Å²) in [6, 6.07) is 0. The lowest BCUT2D eigenvalue weighted by Crippen LogP contribution is -2.15. The zero-order chi connectivity index (χ0) is 17.4. The van der Waals surface area contributed by atoms with Crippen molar-refractivity contribution in [1.82, 2.24) is 15.1 Å². The molecule has 0 aromatic carbocycles. The maximum atomic E-state index is 12.6. The molecule has 23 heavy (non-hydrogen) atoms. The molecule has 0 spiro atoms. The molecular formula is C15H23N3O3S2. The molecule has 0 aliphatic heterocycles. The van der Waals surface area contributed by atoms with Crippen LogP contribution in [0.2, 0.25) is 0 Å². The van der Waals surface area contributed by atoms with Crippen molar-refractivity contribution in [2.45, 2.75) is 63.9 Å². The Balaban J connectivity index is 2.19. The van der Waals surface area contributed by atoms with Crippen LogP contribution in [0.25, 0.3) is 0 Å². The SMILES string of the molecule is CC(C)c1noc([C@@H](C)S(=O)(=O)Cc2csc(C(C)(C)C)n2)n1. The number of thiazole rings is 1. The highest BCUT2D eigenvalue weighted by Crippen LogP contribution is 2.29. The van der Waals surface area contributed by atoms with E-state index in [1.165, 1.54) is 11.3 Å². The van der Waals surface area contributed by atoms with Gasteiger partial charge in [-0.2, -0.15) is 4.98 Å². The molecule has 0 aliphatic rings. The molecule has 0 fully saturated rings. The van der Waals surface area contributed by atoms with Gasteiger partial charge in [0.15, 0.2) is 15.7 Å². The number of nitrogens with zero attached hydrogens (tertiary/aromatic N) is 3. The van der Waals surface area contributed by atoms with Crippen LogP contribution in [0.3, 0.4) is 0 Å². The van der Waals surface area contributed by atoms with Crippen molar-refractivity contribution in [2.24, 2.45) is 0 Å². The molecular weight excluding hydrogens is 334 g/mol. The minimum Gasteiger partial charge on any atom is -0.338 e. The van der Waals surface area contributed by atoms with Gasteiger partial charge in [0, 0.05) is 16.7 Å². The Hall–Kier alpha value is -1.28. The Morgan fingerprint density at radius 2 is 1.87 bits per heavy atom. The Morgan fingerprint density at radius 1 is 1.22 bits per heavy atom. The molecule has 2 rings (SSSR count). The monoisotopic (exact) mass is 357 g/mol. The predicted molar refractivity (Wildman–Crippen MR) is 90.2 cm³/mol. The van der Waals surface area contributed by atoms with Gasteiger partial charge in [0.05, 0.1) is 16.5 Å². The Morgan fingerprint density at radius 3 is 2.35 bits per heavy atom. The van der Waals surface area contributed by atoms with E-state index >= 15 is 0 Å². The minimum atomic E-state index is -3.46. The number of aromatic nitrogens is 3. The van der Waals surface area contributed by atoms with Gasteiger partial charge in [0.25, 0.3) is 0 Å². The molecule has 2 aromatic rings. The van der Waals surface area contributed by atoms with E-state index in [0.29, 0.717) is 11.5 Å². The van der Waals surface area contributed by atoms with E-state index in [1.807, 2.05) is 13.8 Å². The Kier molecular flexibility index (Phi) is 4.96. The summed E-state index contributed by atoms with van der Waals surface area (Å²) < 4.78 is 30.3. The van der Waals surface area contributed by atoms with Crippen molar-refractivity contribution < 1.29 is 12.9 Å². The molecule has 2 aromatic heterocycles. The molecule has 0 bridgehead atoms. The van der Waals surface area contributed by atoms with Crippen LogP contribution in [0.4, 0.5) is 0 Å². The molecule has 8 heteroatoms. The van der Waals surface area contributed by atoms with Crippen LogP contribution in [0.1, 0.15) is 75.1 Å². The highest BCUT2D eigenvalue weighted by molar-refractivity contribution is 7.90. The molecule has 128 valence electrons. The highest BCUT2D eigenvalue weighted by atomic mass is 32.2. The zero-order valence-electron chi connectivity index (χ0n) is 14.3. The van der Waals surface area contributed by atoms with Gasteiger partial charge >= 0.3 is 0 Å². The van der Waals surface area contributed by atoms with Crippen LogP contribution in [-0.2, 0) is 21.0 Å². The van der Waals surface area contributed by atoms with Crippen molar-refractivity contribution in [3.05, 3.63) is 27.8 Å². The van der Waals surface area contributed by atoms with E-state index in [0.717, 1.165) is 5.01 Å². The minimum absolute atomic E-state index is 0.0864. The fourth-order valence-electron chi connectivity index (χ4n) is 1.85. The second kappa shape index (κ2) is 6.32. The molecule has 2 heterocycles. The third kappa shape index (κ3) is 4.17. The van der Waals surface area contributed by atoms with Crippen LogP contribution >= 0.6 is 11.3 Å². The fraction of sp³-hybridized carbons (Fsp3) is 0.667. The Labute approximate surface area is 141 Å². The maximum Gasteiger partial charge on any atom is 0.244 e. The molecule has 0 radical (unpaired) electrons. The molecule has 0 saturated heterocycles. The first kappa shape index (κ1) is 18.1. The number of sulfone groups is 1. The lowest BCUT2D eigenvalue weighted by Gasteiger charge is -2.13. The standard InChI is InChI=1S/C15H23N3O3S2/c1-9(2)12-17-13(21-18-12)10(3)23(19,20)8-11-7-22-14(16-11)15(4,5)6/h7,9-10H,8H2,1-6H3/t10-/m1/s1. The van der Waals surface area contributed by atoms with Crippen LogP contribution in [0.5, 0.6) is 0 Å². The van der Waals surface area contributed by atoms with Crippen LogP contribution < -0.4 is 0 Å². The number of rotatable bonds is 5. The summed E-state index contributed by atoms with van der Waals surface area (Å²) in [6.45, 7) is 11.6. The van der Waals surface area contributed by atoms with Crippen molar-refractivity contribution in [3.8, 4) is 0 Å². The van der Waals surface area contributed by atoms with Crippen LogP contribution in [-0.4, -0.2) is 23.5 Å². The predicted octanol–water partition coefficient (Wildman–Crippen LogP) is 3.62. The van der Waals surface area contributed by atoms with Crippen LogP contribution in [0, 0.1) is 0 Å². The highest BCUT2D eigenvalue weighted by Gasteiger charge is 2.30. The fourth-order valence-corrected chi connectivity index (χ4v) is 4.08. The second-order valence-electron chi connectivity index (χ2n) is 6.99.